The molecule has 106 valence electrons. The number of carbonyl (C=O) groups excluding carboxylic acids is 1. The minimum absolute atomic E-state index is 0.0190. The summed E-state index contributed by atoms with van der Waals surface area (Å²) < 4.78 is 1.39. The molecule has 2 aromatic rings. The maximum Gasteiger partial charge on any atom is 0.248 e. The van der Waals surface area contributed by atoms with Crippen molar-refractivity contribution in [3.63, 3.8) is 0 Å². The number of nitrogens with zero attached hydrogens (tertiary/aromatic N) is 3. The van der Waals surface area contributed by atoms with Gasteiger partial charge in [-0.15, -0.1) is 5.10 Å². The minimum Gasteiger partial charge on any atom is -0.273 e. The molecule has 0 saturated heterocycles. The molecular weight excluding hydrogens is 238 g/mol. The van der Waals surface area contributed by atoms with E-state index in [4.69, 9.17) is 0 Å². The van der Waals surface area contributed by atoms with E-state index in [0.29, 0.717) is 6.42 Å². The van der Waals surface area contributed by atoms with Gasteiger partial charge in [-0.1, -0.05) is 58.4 Å². The first-order chi connectivity index (χ1) is 9.33. The van der Waals surface area contributed by atoms with Gasteiger partial charge in [-0.25, -0.2) is 0 Å². The van der Waals surface area contributed by atoms with Crippen LogP contribution in [0.5, 0.6) is 0 Å². The number of para-hydroxylation sites is 1. The third-order valence-corrected chi connectivity index (χ3v) is 2.33. The molecule has 0 bridgehead atoms. The van der Waals surface area contributed by atoms with Crippen molar-refractivity contribution in [2.24, 2.45) is 0 Å². The van der Waals surface area contributed by atoms with Crippen LogP contribution >= 0.6 is 0 Å². The van der Waals surface area contributed by atoms with Gasteiger partial charge in [-0.2, -0.15) is 4.68 Å². The van der Waals surface area contributed by atoms with Crippen molar-refractivity contribution < 1.29 is 4.79 Å². The van der Waals surface area contributed by atoms with Gasteiger partial charge >= 0.3 is 0 Å². The topological polar surface area (TPSA) is 47.8 Å². The monoisotopic (exact) mass is 263 g/mol. The minimum atomic E-state index is 0.0190. The summed E-state index contributed by atoms with van der Waals surface area (Å²) in [6.45, 7) is 10.1. The summed E-state index contributed by atoms with van der Waals surface area (Å²) in [6.07, 6.45) is 2.44. The molecule has 0 aliphatic heterocycles. The van der Waals surface area contributed by atoms with E-state index < -0.39 is 0 Å². The molecule has 0 unspecified atom stereocenters. The molecule has 0 atom stereocenters. The highest BCUT2D eigenvalue weighted by Crippen LogP contribution is 2.10. The van der Waals surface area contributed by atoms with Crippen LogP contribution in [0.1, 0.15) is 58.7 Å². The lowest BCUT2D eigenvalue weighted by Crippen LogP contribution is -2.11. The zero-order valence-electron chi connectivity index (χ0n) is 12.7. The zero-order chi connectivity index (χ0) is 14.7. The van der Waals surface area contributed by atoms with Crippen LogP contribution in [0, 0.1) is 0 Å². The van der Waals surface area contributed by atoms with Crippen molar-refractivity contribution in [2.75, 3.05) is 0 Å². The number of hydrogen-bond donors (Lipinski definition) is 0. The van der Waals surface area contributed by atoms with Crippen molar-refractivity contribution in [2.45, 2.75) is 53.9 Å². The summed E-state index contributed by atoms with van der Waals surface area (Å²) in [5, 5.41) is 7.81. The number of fused-ring (bicyclic) bond motifs is 1. The van der Waals surface area contributed by atoms with Gasteiger partial charge in [-0.05, 0) is 18.6 Å². The second-order valence-electron chi connectivity index (χ2n) is 3.49. The third-order valence-electron chi connectivity index (χ3n) is 2.33. The highest BCUT2D eigenvalue weighted by Gasteiger charge is 2.10. The number of hydrogen-bond acceptors (Lipinski definition) is 3. The third kappa shape index (κ3) is 4.81. The fourth-order valence-electron chi connectivity index (χ4n) is 1.49. The van der Waals surface area contributed by atoms with Gasteiger partial charge in [0.2, 0.25) is 5.91 Å². The maximum absolute atomic E-state index is 11.7. The van der Waals surface area contributed by atoms with E-state index in [9.17, 15) is 4.79 Å². The molecule has 2 rings (SSSR count). The van der Waals surface area contributed by atoms with Crippen LogP contribution < -0.4 is 0 Å². The molecule has 1 aromatic carbocycles. The average molecular weight is 263 g/mol. The first kappa shape index (κ1) is 17.3. The second kappa shape index (κ2) is 10.2. The van der Waals surface area contributed by atoms with Gasteiger partial charge in [0.05, 0.1) is 5.52 Å². The number of rotatable bonds is 3. The summed E-state index contributed by atoms with van der Waals surface area (Å²) in [6, 6.07) is 7.48. The van der Waals surface area contributed by atoms with Crippen LogP contribution in [0.4, 0.5) is 0 Å². The van der Waals surface area contributed by atoms with Crippen LogP contribution in [0.3, 0.4) is 0 Å². The predicted molar refractivity (Wildman–Crippen MR) is 80.4 cm³/mol. The lowest BCUT2D eigenvalue weighted by Gasteiger charge is -1.99. The molecule has 0 radical (unpaired) electrons. The summed E-state index contributed by atoms with van der Waals surface area (Å²) >= 11 is 0. The number of benzene rings is 1. The molecule has 0 aliphatic rings. The Morgan fingerprint density at radius 2 is 1.79 bits per heavy atom. The molecule has 0 spiro atoms. The molecule has 0 fully saturated rings. The molecule has 4 nitrogen and oxygen atoms in total. The van der Waals surface area contributed by atoms with Gasteiger partial charge < -0.3 is 0 Å². The van der Waals surface area contributed by atoms with Crippen molar-refractivity contribution in [1.82, 2.24) is 15.0 Å². The number of aromatic nitrogens is 3. The van der Waals surface area contributed by atoms with E-state index in [0.717, 1.165) is 23.9 Å². The van der Waals surface area contributed by atoms with E-state index in [1.54, 1.807) is 0 Å². The normalized spacial score (nSPS) is 9.11. The fraction of sp³-hybridized carbons (Fsp3) is 0.533. The van der Waals surface area contributed by atoms with Crippen LogP contribution in [0.25, 0.3) is 11.0 Å². The van der Waals surface area contributed by atoms with E-state index in [1.165, 1.54) is 4.68 Å². The standard InChI is InChI=1S/C11H13N3O.2C2H6/c1-2-3-8-11(15)14-10-7-5-4-6-9(10)12-13-14;2*1-2/h4-7H,2-3,8H2,1H3;2*1-2H3. The van der Waals surface area contributed by atoms with Crippen molar-refractivity contribution in [3.05, 3.63) is 24.3 Å². The van der Waals surface area contributed by atoms with Crippen molar-refractivity contribution in [3.8, 4) is 0 Å². The van der Waals surface area contributed by atoms with Gasteiger partial charge in [0.25, 0.3) is 0 Å². The van der Waals surface area contributed by atoms with E-state index in [1.807, 2.05) is 52.0 Å². The molecule has 1 aromatic heterocycles. The van der Waals surface area contributed by atoms with Gasteiger partial charge in [-0.3, -0.25) is 4.79 Å². The molecule has 19 heavy (non-hydrogen) atoms. The first-order valence-electron chi connectivity index (χ1n) is 7.16. The molecular formula is C15H25N3O. The second-order valence-corrected chi connectivity index (χ2v) is 3.49. The SMILES string of the molecule is CC.CC.CCCCC(=O)n1nnc2ccccc21. The zero-order valence-corrected chi connectivity index (χ0v) is 12.7. The Balaban J connectivity index is 0.000000741. The lowest BCUT2D eigenvalue weighted by atomic mass is 10.2. The van der Waals surface area contributed by atoms with Gasteiger partial charge in [0.1, 0.15) is 5.52 Å². The maximum atomic E-state index is 11.7. The van der Waals surface area contributed by atoms with Gasteiger partial charge in [0.15, 0.2) is 0 Å². The quantitative estimate of drug-likeness (QED) is 0.828. The highest BCUT2D eigenvalue weighted by atomic mass is 16.2. The number of unbranched alkanes of at least 4 members (excludes halogenated alkanes) is 1. The van der Waals surface area contributed by atoms with Crippen LogP contribution in [-0.2, 0) is 0 Å². The largest absolute Gasteiger partial charge is 0.273 e. The first-order valence-corrected chi connectivity index (χ1v) is 7.16. The van der Waals surface area contributed by atoms with Crippen LogP contribution in [0.15, 0.2) is 24.3 Å². The summed E-state index contributed by atoms with van der Waals surface area (Å²) in [4.78, 5) is 11.7. The Labute approximate surface area is 115 Å². The Hall–Kier alpha value is -1.71. The Morgan fingerprint density at radius 1 is 1.16 bits per heavy atom. The van der Waals surface area contributed by atoms with Crippen LogP contribution in [0.2, 0.25) is 0 Å². The van der Waals surface area contributed by atoms with Crippen molar-refractivity contribution in [1.29, 1.82) is 0 Å². The molecule has 0 N–H and O–H groups in total. The van der Waals surface area contributed by atoms with Crippen molar-refractivity contribution >= 4 is 16.9 Å². The predicted octanol–water partition coefficient (Wildman–Crippen LogP) is 4.31. The lowest BCUT2D eigenvalue weighted by molar-refractivity contribution is 0.0887. The van der Waals surface area contributed by atoms with E-state index >= 15 is 0 Å². The summed E-state index contributed by atoms with van der Waals surface area (Å²) in [7, 11) is 0. The molecule has 4 heteroatoms. The number of carbonyl (C=O) groups is 1. The fourth-order valence-corrected chi connectivity index (χ4v) is 1.49. The average Bonchev–Trinajstić information content (AvgIpc) is 2.93. The Kier molecular flexibility index (Phi) is 9.31. The van der Waals surface area contributed by atoms with Crippen LogP contribution in [-0.4, -0.2) is 20.9 Å². The Bertz CT molecular complexity index is 477. The summed E-state index contributed by atoms with van der Waals surface area (Å²) in [5.74, 6) is 0.0190. The molecule has 0 amide bonds. The van der Waals surface area contributed by atoms with E-state index in [-0.39, 0.29) is 5.91 Å². The summed E-state index contributed by atoms with van der Waals surface area (Å²) in [5.41, 5.74) is 1.56. The molecule has 0 saturated carbocycles. The molecule has 1 heterocycles. The highest BCUT2D eigenvalue weighted by molar-refractivity contribution is 5.88. The Morgan fingerprint density at radius 3 is 2.42 bits per heavy atom. The smallest absolute Gasteiger partial charge is 0.248 e. The van der Waals surface area contributed by atoms with Gasteiger partial charge in [0, 0.05) is 6.42 Å². The molecule has 0 aliphatic carbocycles. The van der Waals surface area contributed by atoms with E-state index in [2.05, 4.69) is 17.2 Å².